The summed E-state index contributed by atoms with van der Waals surface area (Å²) in [4.78, 5) is 17.6. The summed E-state index contributed by atoms with van der Waals surface area (Å²) in [5.74, 6) is 1.59. The smallest absolute Gasteiger partial charge is 0.338 e. The number of ether oxygens (including phenoxy) is 3. The molecular formula is C23H30N4O4. The third-order valence-corrected chi connectivity index (χ3v) is 5.72. The van der Waals surface area contributed by atoms with Gasteiger partial charge in [0.25, 0.3) is 0 Å². The quantitative estimate of drug-likeness (QED) is 0.663. The highest BCUT2D eigenvalue weighted by Crippen LogP contribution is 2.39. The van der Waals surface area contributed by atoms with Crippen LogP contribution in [0.25, 0.3) is 0 Å². The number of nitrogens with zero attached hydrogens (tertiary/aromatic N) is 3. The number of carbonyl (C=O) groups excluding carboxylic acids is 1. The zero-order chi connectivity index (χ0) is 21.8. The number of nitrogens with one attached hydrogen (secondary N) is 1. The summed E-state index contributed by atoms with van der Waals surface area (Å²) in [5, 5.41) is 7.58. The molecule has 0 amide bonds. The summed E-state index contributed by atoms with van der Waals surface area (Å²) in [6.45, 7) is 6.79. The van der Waals surface area contributed by atoms with Crippen LogP contribution in [0.1, 0.15) is 64.5 Å². The van der Waals surface area contributed by atoms with Gasteiger partial charge in [0, 0.05) is 5.70 Å². The van der Waals surface area contributed by atoms with Crippen molar-refractivity contribution in [3.63, 3.8) is 0 Å². The molecule has 0 bridgehead atoms. The van der Waals surface area contributed by atoms with Crippen molar-refractivity contribution < 1.29 is 19.0 Å². The summed E-state index contributed by atoms with van der Waals surface area (Å²) in [7, 11) is 0. The first-order chi connectivity index (χ1) is 15.1. The van der Waals surface area contributed by atoms with E-state index >= 15 is 0 Å². The van der Waals surface area contributed by atoms with E-state index < -0.39 is 6.04 Å². The van der Waals surface area contributed by atoms with E-state index in [0.29, 0.717) is 36.2 Å². The first-order valence-corrected chi connectivity index (χ1v) is 11.1. The second-order valence-electron chi connectivity index (χ2n) is 7.83. The first kappa shape index (κ1) is 21.2. The van der Waals surface area contributed by atoms with E-state index in [0.717, 1.165) is 36.9 Å². The van der Waals surface area contributed by atoms with Crippen molar-refractivity contribution in [1.29, 1.82) is 0 Å². The van der Waals surface area contributed by atoms with Gasteiger partial charge in [0.05, 0.1) is 18.8 Å². The molecule has 1 unspecified atom stereocenters. The molecule has 1 aliphatic carbocycles. The Bertz CT molecular complexity index is 962. The number of carbonyl (C=O) groups is 1. The molecule has 1 N–H and O–H groups in total. The third kappa shape index (κ3) is 4.38. The normalized spacial score (nSPS) is 18.9. The Morgan fingerprint density at radius 3 is 2.61 bits per heavy atom. The van der Waals surface area contributed by atoms with Crippen LogP contribution >= 0.6 is 0 Å². The summed E-state index contributed by atoms with van der Waals surface area (Å²) in [6, 6.07) is 5.26. The summed E-state index contributed by atoms with van der Waals surface area (Å²) in [5.41, 5.74) is 2.11. The lowest BCUT2D eigenvalue weighted by Crippen LogP contribution is -2.32. The Labute approximate surface area is 182 Å². The van der Waals surface area contributed by atoms with Crippen molar-refractivity contribution in [2.75, 3.05) is 18.5 Å². The second kappa shape index (κ2) is 9.41. The maximum atomic E-state index is 13.3. The Balaban J connectivity index is 1.72. The van der Waals surface area contributed by atoms with Crippen LogP contribution < -0.4 is 14.8 Å². The molecule has 0 radical (unpaired) electrons. The molecular weight excluding hydrogens is 396 g/mol. The van der Waals surface area contributed by atoms with Gasteiger partial charge in [-0.3, -0.25) is 0 Å². The number of aromatic nitrogens is 3. The Hall–Kier alpha value is -3.03. The number of benzene rings is 1. The molecule has 4 rings (SSSR count). The van der Waals surface area contributed by atoms with Gasteiger partial charge < -0.3 is 19.5 Å². The lowest BCUT2D eigenvalue weighted by atomic mass is 9.94. The second-order valence-corrected chi connectivity index (χ2v) is 7.83. The molecule has 8 nitrogen and oxygen atoms in total. The fourth-order valence-corrected chi connectivity index (χ4v) is 4.30. The Morgan fingerprint density at radius 1 is 1.13 bits per heavy atom. The fraction of sp³-hybridized carbons (Fsp3) is 0.522. The minimum atomic E-state index is -0.468. The van der Waals surface area contributed by atoms with Gasteiger partial charge in [-0.2, -0.15) is 10.1 Å². The monoisotopic (exact) mass is 426 g/mol. The number of allylic oxidation sites excluding steroid dienone is 1. The number of esters is 1. The number of hydrogen-bond acceptors (Lipinski definition) is 7. The van der Waals surface area contributed by atoms with Crippen molar-refractivity contribution in [2.24, 2.45) is 0 Å². The molecule has 0 spiro atoms. The Morgan fingerprint density at radius 2 is 1.87 bits per heavy atom. The first-order valence-electron chi connectivity index (χ1n) is 11.1. The zero-order valence-electron chi connectivity index (χ0n) is 18.4. The highest BCUT2D eigenvalue weighted by molar-refractivity contribution is 5.92. The average molecular weight is 427 g/mol. The van der Waals surface area contributed by atoms with Crippen LogP contribution in [0.3, 0.4) is 0 Å². The molecule has 1 saturated carbocycles. The molecule has 1 aliphatic heterocycles. The topological polar surface area (TPSA) is 87.5 Å². The van der Waals surface area contributed by atoms with Crippen LogP contribution in [0.15, 0.2) is 35.8 Å². The van der Waals surface area contributed by atoms with Gasteiger partial charge in [0.2, 0.25) is 5.95 Å². The van der Waals surface area contributed by atoms with Crippen LogP contribution in [0.5, 0.6) is 11.5 Å². The van der Waals surface area contributed by atoms with Gasteiger partial charge in [-0.15, -0.1) is 0 Å². The third-order valence-electron chi connectivity index (χ3n) is 5.72. The molecule has 0 saturated heterocycles. The zero-order valence-corrected chi connectivity index (χ0v) is 18.4. The van der Waals surface area contributed by atoms with E-state index in [2.05, 4.69) is 15.4 Å². The van der Waals surface area contributed by atoms with E-state index in [1.165, 1.54) is 12.7 Å². The predicted molar refractivity (Wildman–Crippen MR) is 116 cm³/mol. The van der Waals surface area contributed by atoms with Crippen molar-refractivity contribution >= 4 is 11.9 Å². The van der Waals surface area contributed by atoms with Crippen LogP contribution in [-0.4, -0.2) is 40.1 Å². The number of rotatable bonds is 7. The standard InChI is InChI=1S/C23H30N4O4/c1-4-29-18-12-11-16(13-19(18)30-5-2)21-20(15(3)26-23-24-14-25-27(21)23)22(28)31-17-9-7-6-8-10-17/h11-14,17,21H,4-10H2,1-3H3,(H,24,25,26). The van der Waals surface area contributed by atoms with Crippen LogP contribution in [0.2, 0.25) is 0 Å². The van der Waals surface area contributed by atoms with Crippen LogP contribution in [-0.2, 0) is 9.53 Å². The summed E-state index contributed by atoms with van der Waals surface area (Å²) < 4.78 is 19.2. The maximum Gasteiger partial charge on any atom is 0.338 e. The van der Waals surface area contributed by atoms with Gasteiger partial charge in [0.1, 0.15) is 18.5 Å². The van der Waals surface area contributed by atoms with Gasteiger partial charge in [-0.05, 0) is 64.2 Å². The van der Waals surface area contributed by atoms with Crippen LogP contribution in [0.4, 0.5) is 5.95 Å². The SMILES string of the molecule is CCOc1ccc(C2C(C(=O)OC3CCCCC3)=C(C)Nc3ncnn32)cc1OCC. The molecule has 1 fully saturated rings. The van der Waals surface area contributed by atoms with E-state index in [1.807, 2.05) is 39.0 Å². The van der Waals surface area contributed by atoms with Gasteiger partial charge >= 0.3 is 5.97 Å². The number of fused-ring (bicyclic) bond motifs is 1. The van der Waals surface area contributed by atoms with Crippen molar-refractivity contribution in [3.8, 4) is 11.5 Å². The lowest BCUT2D eigenvalue weighted by Gasteiger charge is -2.30. The average Bonchev–Trinajstić information content (AvgIpc) is 3.23. The minimum absolute atomic E-state index is 0.0290. The van der Waals surface area contributed by atoms with E-state index in [1.54, 1.807) is 4.68 Å². The molecule has 1 aromatic carbocycles. The van der Waals surface area contributed by atoms with Gasteiger partial charge in [-0.1, -0.05) is 12.5 Å². The van der Waals surface area contributed by atoms with E-state index in [9.17, 15) is 4.79 Å². The number of anilines is 1. The van der Waals surface area contributed by atoms with Crippen molar-refractivity contribution in [1.82, 2.24) is 14.8 Å². The van der Waals surface area contributed by atoms with Gasteiger partial charge in [0.15, 0.2) is 11.5 Å². The fourth-order valence-electron chi connectivity index (χ4n) is 4.30. The van der Waals surface area contributed by atoms with Crippen molar-refractivity contribution in [3.05, 3.63) is 41.4 Å². The van der Waals surface area contributed by atoms with Crippen LogP contribution in [0, 0.1) is 0 Å². The molecule has 1 atom stereocenters. The molecule has 8 heteroatoms. The minimum Gasteiger partial charge on any atom is -0.490 e. The molecule has 2 aliphatic rings. The molecule has 1 aromatic heterocycles. The predicted octanol–water partition coefficient (Wildman–Crippen LogP) is 4.24. The lowest BCUT2D eigenvalue weighted by molar-refractivity contribution is -0.146. The highest BCUT2D eigenvalue weighted by atomic mass is 16.5. The number of hydrogen-bond donors (Lipinski definition) is 1. The van der Waals surface area contributed by atoms with E-state index in [4.69, 9.17) is 14.2 Å². The summed E-state index contributed by atoms with van der Waals surface area (Å²) in [6.07, 6.45) is 6.69. The molecule has 2 aromatic rings. The summed E-state index contributed by atoms with van der Waals surface area (Å²) >= 11 is 0. The maximum absolute atomic E-state index is 13.3. The highest BCUT2D eigenvalue weighted by Gasteiger charge is 2.36. The van der Waals surface area contributed by atoms with Crippen molar-refractivity contribution in [2.45, 2.75) is 65.0 Å². The van der Waals surface area contributed by atoms with E-state index in [-0.39, 0.29) is 12.1 Å². The Kier molecular flexibility index (Phi) is 6.44. The molecule has 2 heterocycles. The largest absolute Gasteiger partial charge is 0.490 e. The molecule has 31 heavy (non-hydrogen) atoms. The molecule has 166 valence electrons. The van der Waals surface area contributed by atoms with Gasteiger partial charge in [-0.25, -0.2) is 9.48 Å².